The first-order chi connectivity index (χ1) is 9.26. The van der Waals surface area contributed by atoms with Gasteiger partial charge < -0.3 is 9.47 Å². The Kier molecular flexibility index (Phi) is 4.10. The number of benzene rings is 1. The molecule has 19 heavy (non-hydrogen) atoms. The summed E-state index contributed by atoms with van der Waals surface area (Å²) in [6.07, 6.45) is 0.621. The minimum atomic E-state index is 0.307. The van der Waals surface area contributed by atoms with Crippen LogP contribution in [0.1, 0.15) is 18.4 Å². The van der Waals surface area contributed by atoms with Crippen molar-refractivity contribution < 1.29 is 9.47 Å². The second-order valence-corrected chi connectivity index (χ2v) is 6.13. The molecule has 0 N–H and O–H groups in total. The zero-order valence-corrected chi connectivity index (χ0v) is 12.8. The van der Waals surface area contributed by atoms with E-state index in [4.69, 9.17) is 9.47 Å². The van der Waals surface area contributed by atoms with Crippen LogP contribution in [0.25, 0.3) is 0 Å². The van der Waals surface area contributed by atoms with Crippen molar-refractivity contribution in [1.82, 2.24) is 4.90 Å². The number of rotatable bonds is 3. The fourth-order valence-electron chi connectivity index (χ4n) is 3.07. The van der Waals surface area contributed by atoms with Crippen LogP contribution in [0.2, 0.25) is 0 Å². The van der Waals surface area contributed by atoms with E-state index < -0.39 is 0 Å². The van der Waals surface area contributed by atoms with Crippen molar-refractivity contribution in [3.8, 4) is 5.75 Å². The van der Waals surface area contributed by atoms with E-state index in [9.17, 15) is 0 Å². The van der Waals surface area contributed by atoms with Crippen molar-refractivity contribution in [2.45, 2.75) is 25.0 Å². The molecule has 3 rings (SSSR count). The fraction of sp³-hybridized carbons (Fsp3) is 0.600. The average molecular weight is 326 g/mol. The number of fused-ring (bicyclic) bond motifs is 1. The molecular formula is C15H20BrNO2. The van der Waals surface area contributed by atoms with Crippen LogP contribution in [-0.4, -0.2) is 48.7 Å². The van der Waals surface area contributed by atoms with Gasteiger partial charge in [-0.15, -0.1) is 0 Å². The minimum absolute atomic E-state index is 0.307. The summed E-state index contributed by atoms with van der Waals surface area (Å²) in [7, 11) is 0. The van der Waals surface area contributed by atoms with E-state index in [2.05, 4.69) is 46.0 Å². The van der Waals surface area contributed by atoms with Crippen LogP contribution in [0.3, 0.4) is 0 Å². The van der Waals surface area contributed by atoms with Gasteiger partial charge in [0.15, 0.2) is 0 Å². The number of hydrogen-bond acceptors (Lipinski definition) is 3. The van der Waals surface area contributed by atoms with Crippen LogP contribution in [0, 0.1) is 0 Å². The molecule has 0 spiro atoms. The summed E-state index contributed by atoms with van der Waals surface area (Å²) < 4.78 is 11.6. The third kappa shape index (κ3) is 2.96. The molecule has 2 aliphatic heterocycles. The number of alkyl halides is 1. The van der Waals surface area contributed by atoms with Gasteiger partial charge in [-0.1, -0.05) is 34.1 Å². The van der Waals surface area contributed by atoms with Gasteiger partial charge in [-0.3, -0.25) is 4.90 Å². The second kappa shape index (κ2) is 5.81. The molecule has 0 bridgehead atoms. The van der Waals surface area contributed by atoms with E-state index in [-0.39, 0.29) is 0 Å². The Labute approximate surface area is 123 Å². The zero-order chi connectivity index (χ0) is 13.2. The summed E-state index contributed by atoms with van der Waals surface area (Å²) in [5.41, 5.74) is 1.36. The van der Waals surface area contributed by atoms with Crippen LogP contribution in [-0.2, 0) is 4.74 Å². The lowest BCUT2D eigenvalue weighted by Gasteiger charge is -2.37. The van der Waals surface area contributed by atoms with Gasteiger partial charge in [-0.25, -0.2) is 0 Å². The predicted octanol–water partition coefficient (Wildman–Crippen LogP) is 2.65. The lowest BCUT2D eigenvalue weighted by molar-refractivity contribution is -0.0668. The Balaban J connectivity index is 1.66. The molecule has 1 aromatic rings. The van der Waals surface area contributed by atoms with Gasteiger partial charge in [0.1, 0.15) is 5.75 Å². The van der Waals surface area contributed by atoms with Crippen molar-refractivity contribution in [3.05, 3.63) is 29.8 Å². The van der Waals surface area contributed by atoms with E-state index >= 15 is 0 Å². The molecule has 0 radical (unpaired) electrons. The Hall–Kier alpha value is -0.580. The highest BCUT2D eigenvalue weighted by Gasteiger charge is 2.30. The van der Waals surface area contributed by atoms with Gasteiger partial charge in [0.25, 0.3) is 0 Å². The standard InChI is InChI=1S/C15H20BrNO2/c1-11-7-17(9-13(6-16)19-11)8-12-10-18-15-5-3-2-4-14(12)15/h2-5,11-13H,6-10H2,1H3. The van der Waals surface area contributed by atoms with Crippen molar-refractivity contribution in [3.63, 3.8) is 0 Å². The maximum Gasteiger partial charge on any atom is 0.122 e. The number of ether oxygens (including phenoxy) is 2. The Morgan fingerprint density at radius 3 is 3.00 bits per heavy atom. The minimum Gasteiger partial charge on any atom is -0.493 e. The molecule has 0 aliphatic carbocycles. The van der Waals surface area contributed by atoms with Gasteiger partial charge in [-0.05, 0) is 13.0 Å². The normalized spacial score (nSPS) is 30.9. The van der Waals surface area contributed by atoms with Gasteiger partial charge in [0.2, 0.25) is 0 Å². The number of morpholine rings is 1. The van der Waals surface area contributed by atoms with Gasteiger partial charge in [0, 0.05) is 36.4 Å². The molecule has 0 saturated carbocycles. The van der Waals surface area contributed by atoms with Crippen molar-refractivity contribution in [2.75, 3.05) is 31.6 Å². The second-order valence-electron chi connectivity index (χ2n) is 5.49. The predicted molar refractivity (Wildman–Crippen MR) is 79.2 cm³/mol. The first-order valence-electron chi connectivity index (χ1n) is 6.91. The SMILES string of the molecule is CC1CN(CC2COc3ccccc32)CC(CBr)O1. The number of halogens is 1. The summed E-state index contributed by atoms with van der Waals surface area (Å²) in [6, 6.07) is 8.40. The third-order valence-corrected chi connectivity index (χ3v) is 4.57. The highest BCUT2D eigenvalue weighted by atomic mass is 79.9. The van der Waals surface area contributed by atoms with Crippen molar-refractivity contribution in [1.29, 1.82) is 0 Å². The third-order valence-electron chi connectivity index (χ3n) is 3.85. The summed E-state index contributed by atoms with van der Waals surface area (Å²) in [4.78, 5) is 2.51. The molecule has 1 fully saturated rings. The number of hydrogen-bond donors (Lipinski definition) is 0. The lowest BCUT2D eigenvalue weighted by Crippen LogP contribution is -2.48. The van der Waals surface area contributed by atoms with E-state index in [1.165, 1.54) is 5.56 Å². The summed E-state index contributed by atoms with van der Waals surface area (Å²) in [5, 5.41) is 0.908. The summed E-state index contributed by atoms with van der Waals surface area (Å²) in [6.45, 7) is 6.05. The van der Waals surface area contributed by atoms with Crippen LogP contribution < -0.4 is 4.74 Å². The largest absolute Gasteiger partial charge is 0.493 e. The maximum atomic E-state index is 5.88. The van der Waals surface area contributed by atoms with Gasteiger partial charge >= 0.3 is 0 Å². The Bertz CT molecular complexity index is 440. The van der Waals surface area contributed by atoms with E-state index in [0.29, 0.717) is 18.1 Å². The monoisotopic (exact) mass is 325 g/mol. The molecule has 2 aliphatic rings. The summed E-state index contributed by atoms with van der Waals surface area (Å²) in [5.74, 6) is 1.56. The van der Waals surface area contributed by atoms with Crippen LogP contribution >= 0.6 is 15.9 Å². The molecule has 0 amide bonds. The quantitative estimate of drug-likeness (QED) is 0.797. The molecule has 104 valence electrons. The first-order valence-corrected chi connectivity index (χ1v) is 8.04. The summed E-state index contributed by atoms with van der Waals surface area (Å²) >= 11 is 3.53. The van der Waals surface area contributed by atoms with Crippen molar-refractivity contribution >= 4 is 15.9 Å². The number of para-hydroxylation sites is 1. The lowest BCUT2D eigenvalue weighted by atomic mass is 10.00. The van der Waals surface area contributed by atoms with E-state index in [0.717, 1.165) is 37.3 Å². The van der Waals surface area contributed by atoms with Crippen molar-refractivity contribution in [2.24, 2.45) is 0 Å². The zero-order valence-electron chi connectivity index (χ0n) is 11.2. The topological polar surface area (TPSA) is 21.7 Å². The maximum absolute atomic E-state index is 5.88. The Morgan fingerprint density at radius 2 is 2.16 bits per heavy atom. The first kappa shape index (κ1) is 13.4. The molecule has 3 atom stereocenters. The average Bonchev–Trinajstić information content (AvgIpc) is 2.82. The van der Waals surface area contributed by atoms with Gasteiger partial charge in [-0.2, -0.15) is 0 Å². The highest BCUT2D eigenvalue weighted by molar-refractivity contribution is 9.09. The molecule has 1 saturated heterocycles. The molecular weight excluding hydrogens is 306 g/mol. The van der Waals surface area contributed by atoms with Crippen LogP contribution in [0.5, 0.6) is 5.75 Å². The van der Waals surface area contributed by atoms with E-state index in [1.807, 2.05) is 6.07 Å². The molecule has 3 unspecified atom stereocenters. The smallest absolute Gasteiger partial charge is 0.122 e. The van der Waals surface area contributed by atoms with Crippen LogP contribution in [0.15, 0.2) is 24.3 Å². The Morgan fingerprint density at radius 1 is 1.32 bits per heavy atom. The number of nitrogens with zero attached hydrogens (tertiary/aromatic N) is 1. The molecule has 0 aromatic heterocycles. The highest BCUT2D eigenvalue weighted by Crippen LogP contribution is 2.34. The van der Waals surface area contributed by atoms with Crippen LogP contribution in [0.4, 0.5) is 0 Å². The molecule has 2 heterocycles. The fourth-order valence-corrected chi connectivity index (χ4v) is 3.42. The molecule has 3 nitrogen and oxygen atoms in total. The van der Waals surface area contributed by atoms with E-state index in [1.54, 1.807) is 0 Å². The van der Waals surface area contributed by atoms with Gasteiger partial charge in [0.05, 0.1) is 18.8 Å². The molecule has 1 aromatic carbocycles. The molecule has 4 heteroatoms.